The van der Waals surface area contributed by atoms with Gasteiger partial charge in [0.05, 0.1) is 30.1 Å². The number of carbonyl (C=O) groups excluding carboxylic acids is 1. The van der Waals surface area contributed by atoms with Crippen molar-refractivity contribution in [3.63, 3.8) is 0 Å². The van der Waals surface area contributed by atoms with E-state index in [4.69, 9.17) is 21.1 Å². The Kier molecular flexibility index (Phi) is 9.15. The van der Waals surface area contributed by atoms with Crippen molar-refractivity contribution in [3.05, 3.63) is 87.8 Å². The van der Waals surface area contributed by atoms with E-state index >= 15 is 0 Å². The van der Waals surface area contributed by atoms with Gasteiger partial charge < -0.3 is 19.3 Å². The second kappa shape index (κ2) is 13.1. The van der Waals surface area contributed by atoms with E-state index in [-0.39, 0.29) is 21.8 Å². The van der Waals surface area contributed by atoms with E-state index in [2.05, 4.69) is 16.8 Å². The molecule has 0 saturated carbocycles. The van der Waals surface area contributed by atoms with Crippen LogP contribution in [0.25, 0.3) is 11.0 Å². The van der Waals surface area contributed by atoms with Crippen LogP contribution in [0.15, 0.2) is 76.4 Å². The number of halogens is 1. The highest BCUT2D eigenvalue weighted by Gasteiger charge is 2.37. The summed E-state index contributed by atoms with van der Waals surface area (Å²) in [6.45, 7) is 4.49. The van der Waals surface area contributed by atoms with E-state index < -0.39 is 21.8 Å². The summed E-state index contributed by atoms with van der Waals surface area (Å²) in [4.78, 5) is 35.6. The van der Waals surface area contributed by atoms with Crippen molar-refractivity contribution in [2.75, 3.05) is 60.5 Å². The normalized spacial score (nSPS) is 17.7. The van der Waals surface area contributed by atoms with Gasteiger partial charge in [0, 0.05) is 42.8 Å². The van der Waals surface area contributed by atoms with Gasteiger partial charge in [-0.2, -0.15) is 3.97 Å². The number of ether oxygens (including phenoxy) is 2. The molecule has 244 valence electrons. The lowest BCUT2D eigenvalue weighted by atomic mass is 10.0. The lowest BCUT2D eigenvalue weighted by molar-refractivity contribution is -0.135. The number of piperidine rings is 1. The third-order valence-electron chi connectivity index (χ3n) is 9.15. The molecule has 2 aliphatic heterocycles. The van der Waals surface area contributed by atoms with Gasteiger partial charge in [0.2, 0.25) is 0 Å². The maximum absolute atomic E-state index is 14.7. The standard InChI is InChI=1S/C33H38ClN5O6S/c1-35-16-14-24(15-17-35)36-18-20-37(21-19-36)32(40)31(27-6-4-5-7-30(27)45-3)38-29-22-23(34)8-13-28(29)39(33(38)41)46(42,43)26-11-9-25(44-2)10-12-26/h4-13,22,24,31H,14-21H2,1-3H3. The minimum absolute atomic E-state index is 0.102. The van der Waals surface area contributed by atoms with Crippen molar-refractivity contribution in [2.45, 2.75) is 29.8 Å². The van der Waals surface area contributed by atoms with E-state index in [1.165, 1.54) is 61.3 Å². The third kappa shape index (κ3) is 5.90. The molecule has 3 heterocycles. The Labute approximate surface area is 273 Å². The smallest absolute Gasteiger partial charge is 0.344 e. The summed E-state index contributed by atoms with van der Waals surface area (Å²) in [5.41, 5.74) is -0.133. The minimum atomic E-state index is -4.40. The maximum Gasteiger partial charge on any atom is 0.344 e. The predicted molar refractivity (Wildman–Crippen MR) is 177 cm³/mol. The van der Waals surface area contributed by atoms with Crippen LogP contribution in [0, 0.1) is 0 Å². The minimum Gasteiger partial charge on any atom is -0.497 e. The maximum atomic E-state index is 14.7. The Bertz CT molecular complexity index is 1890. The van der Waals surface area contributed by atoms with Gasteiger partial charge in [-0.15, -0.1) is 0 Å². The van der Waals surface area contributed by atoms with E-state index in [1.54, 1.807) is 29.2 Å². The highest BCUT2D eigenvalue weighted by Crippen LogP contribution is 2.34. The van der Waals surface area contributed by atoms with E-state index in [9.17, 15) is 18.0 Å². The van der Waals surface area contributed by atoms with Gasteiger partial charge in [0.1, 0.15) is 17.5 Å². The monoisotopic (exact) mass is 667 g/mol. The van der Waals surface area contributed by atoms with Crippen LogP contribution in [-0.4, -0.2) is 104 Å². The Morgan fingerprint density at radius 1 is 0.870 bits per heavy atom. The first-order valence-corrected chi connectivity index (χ1v) is 17.1. The molecule has 6 rings (SSSR count). The van der Waals surface area contributed by atoms with Crippen molar-refractivity contribution in [2.24, 2.45) is 0 Å². The first kappa shape index (κ1) is 32.1. The second-order valence-electron chi connectivity index (χ2n) is 11.8. The number of aromatic nitrogens is 2. The molecule has 1 amide bonds. The van der Waals surface area contributed by atoms with Crippen molar-refractivity contribution in [1.82, 2.24) is 23.2 Å². The second-order valence-corrected chi connectivity index (χ2v) is 14.0. The number of fused-ring (bicyclic) bond motifs is 1. The molecule has 46 heavy (non-hydrogen) atoms. The number of imidazole rings is 1. The van der Waals surface area contributed by atoms with E-state index in [0.717, 1.165) is 29.9 Å². The Balaban J connectivity index is 1.46. The zero-order chi connectivity index (χ0) is 32.6. The van der Waals surface area contributed by atoms with Gasteiger partial charge in [0.25, 0.3) is 15.9 Å². The average molecular weight is 668 g/mol. The molecule has 1 unspecified atom stereocenters. The molecule has 1 atom stereocenters. The Morgan fingerprint density at radius 2 is 1.54 bits per heavy atom. The summed E-state index contributed by atoms with van der Waals surface area (Å²) in [5, 5.41) is 0.290. The van der Waals surface area contributed by atoms with Gasteiger partial charge in [-0.3, -0.25) is 14.3 Å². The SMILES string of the molecule is COc1ccc(S(=O)(=O)n2c(=O)n(C(C(=O)N3CCN(C4CCN(C)CC4)CC3)c3ccccc3OC)c3cc(Cl)ccc32)cc1. The van der Waals surface area contributed by atoms with Crippen molar-refractivity contribution in [3.8, 4) is 11.5 Å². The molecule has 2 aliphatic rings. The molecule has 4 aromatic rings. The summed E-state index contributed by atoms with van der Waals surface area (Å²) in [5.74, 6) is 0.549. The molecule has 0 radical (unpaired) electrons. The summed E-state index contributed by atoms with van der Waals surface area (Å²) in [6.07, 6.45) is 2.18. The number of carbonyl (C=O) groups is 1. The Morgan fingerprint density at radius 3 is 2.20 bits per heavy atom. The molecule has 0 spiro atoms. The molecule has 2 saturated heterocycles. The fourth-order valence-corrected chi connectivity index (χ4v) is 8.18. The van der Waals surface area contributed by atoms with Crippen molar-refractivity contribution in [1.29, 1.82) is 0 Å². The number of hydrogen-bond donors (Lipinski definition) is 0. The van der Waals surface area contributed by atoms with Crippen LogP contribution in [0.2, 0.25) is 5.02 Å². The summed E-state index contributed by atoms with van der Waals surface area (Å²) >= 11 is 6.44. The summed E-state index contributed by atoms with van der Waals surface area (Å²) in [6, 6.07) is 16.6. The fourth-order valence-electron chi connectivity index (χ4n) is 6.62. The molecule has 11 nitrogen and oxygen atoms in total. The van der Waals surface area contributed by atoms with E-state index in [1.807, 2.05) is 0 Å². The average Bonchev–Trinajstić information content (AvgIpc) is 3.36. The van der Waals surface area contributed by atoms with Crippen LogP contribution in [0.1, 0.15) is 24.4 Å². The van der Waals surface area contributed by atoms with Crippen LogP contribution in [0.4, 0.5) is 0 Å². The molecule has 1 aromatic heterocycles. The van der Waals surface area contributed by atoms with E-state index in [0.29, 0.717) is 54.3 Å². The number of para-hydroxylation sites is 1. The zero-order valence-corrected chi connectivity index (χ0v) is 27.7. The van der Waals surface area contributed by atoms with Crippen molar-refractivity contribution >= 4 is 38.6 Å². The Hall–Kier alpha value is -3.84. The highest BCUT2D eigenvalue weighted by atomic mass is 35.5. The lowest BCUT2D eigenvalue weighted by Crippen LogP contribution is -2.55. The van der Waals surface area contributed by atoms with Crippen LogP contribution >= 0.6 is 11.6 Å². The number of piperazine rings is 1. The van der Waals surface area contributed by atoms with Gasteiger partial charge >= 0.3 is 5.69 Å². The number of amides is 1. The number of likely N-dealkylation sites (tertiary alicyclic amines) is 1. The van der Waals surface area contributed by atoms with Crippen LogP contribution in [0.3, 0.4) is 0 Å². The molecule has 0 aliphatic carbocycles. The van der Waals surface area contributed by atoms with Crippen LogP contribution in [0.5, 0.6) is 11.5 Å². The quantitative estimate of drug-likeness (QED) is 0.281. The summed E-state index contributed by atoms with van der Waals surface area (Å²) in [7, 11) is 0.717. The molecule has 0 bridgehead atoms. The molecular weight excluding hydrogens is 630 g/mol. The van der Waals surface area contributed by atoms with Crippen LogP contribution in [-0.2, 0) is 14.8 Å². The third-order valence-corrected chi connectivity index (χ3v) is 11.1. The van der Waals surface area contributed by atoms with Crippen molar-refractivity contribution < 1.29 is 22.7 Å². The molecule has 3 aromatic carbocycles. The first-order chi connectivity index (χ1) is 22.1. The van der Waals surface area contributed by atoms with Crippen LogP contribution < -0.4 is 15.2 Å². The summed E-state index contributed by atoms with van der Waals surface area (Å²) < 4.78 is 41.0. The molecule has 13 heteroatoms. The van der Waals surface area contributed by atoms with Gasteiger partial charge in [-0.25, -0.2) is 13.2 Å². The van der Waals surface area contributed by atoms with Gasteiger partial charge in [-0.1, -0.05) is 29.8 Å². The van der Waals surface area contributed by atoms with Gasteiger partial charge in [-0.05, 0) is 81.5 Å². The zero-order valence-electron chi connectivity index (χ0n) is 26.1. The largest absolute Gasteiger partial charge is 0.497 e. The number of nitrogens with zero attached hydrogens (tertiary/aromatic N) is 5. The van der Waals surface area contributed by atoms with Gasteiger partial charge in [0.15, 0.2) is 0 Å². The first-order valence-electron chi connectivity index (χ1n) is 15.3. The molecular formula is C33H38ClN5O6S. The lowest BCUT2D eigenvalue weighted by Gasteiger charge is -2.42. The number of rotatable bonds is 8. The molecule has 0 N–H and O–H groups in total. The predicted octanol–water partition coefficient (Wildman–Crippen LogP) is 3.54. The fraction of sp³-hybridized carbons (Fsp3) is 0.394. The topological polar surface area (TPSA) is 106 Å². The molecule has 2 fully saturated rings. The number of hydrogen-bond acceptors (Lipinski definition) is 8. The number of methoxy groups -OCH3 is 2. The highest BCUT2D eigenvalue weighted by molar-refractivity contribution is 7.90. The number of benzene rings is 3.